The zero-order valence-corrected chi connectivity index (χ0v) is 14.9. The summed E-state index contributed by atoms with van der Waals surface area (Å²) in [7, 11) is 1.67. The van der Waals surface area contributed by atoms with Gasteiger partial charge < -0.3 is 10.1 Å². The van der Waals surface area contributed by atoms with Gasteiger partial charge in [-0.25, -0.2) is 0 Å². The monoisotopic (exact) mass is 368 g/mol. The molecular weight excluding hydrogens is 355 g/mol. The Kier molecular flexibility index (Phi) is 4.12. The molecule has 0 radical (unpaired) electrons. The number of nitrogens with one attached hydrogen (secondary N) is 1. The summed E-state index contributed by atoms with van der Waals surface area (Å²) in [5.74, 6) is 0.828. The molecular formula is C20H14Cl2N2O. The van der Waals surface area contributed by atoms with Crippen molar-refractivity contribution < 1.29 is 4.74 Å². The second-order valence-corrected chi connectivity index (χ2v) is 6.53. The van der Waals surface area contributed by atoms with Crippen molar-refractivity contribution in [3.05, 3.63) is 70.8 Å². The summed E-state index contributed by atoms with van der Waals surface area (Å²) in [6.45, 7) is 0. The quantitative estimate of drug-likeness (QED) is 0.422. The van der Waals surface area contributed by atoms with Crippen LogP contribution in [0.25, 0.3) is 21.7 Å². The maximum atomic E-state index is 6.28. The van der Waals surface area contributed by atoms with E-state index in [4.69, 9.17) is 27.9 Å². The second-order valence-electron chi connectivity index (χ2n) is 5.69. The minimum absolute atomic E-state index is 0.572. The van der Waals surface area contributed by atoms with Crippen LogP contribution in [0.2, 0.25) is 10.0 Å². The van der Waals surface area contributed by atoms with Crippen molar-refractivity contribution in [3.8, 4) is 5.75 Å². The Balaban J connectivity index is 1.85. The maximum Gasteiger partial charge on any atom is 0.119 e. The van der Waals surface area contributed by atoms with Gasteiger partial charge in [-0.3, -0.25) is 4.98 Å². The standard InChI is InChI=1S/C20H14Cl2N2O/c1-25-15-4-2-12-9-16-18(6-7-23-20(16)10-13(12)8-15)24-19-5-3-14(21)11-17(19)22/h2-11H,1H3,(H,23,24). The van der Waals surface area contributed by atoms with Crippen LogP contribution in [-0.2, 0) is 0 Å². The van der Waals surface area contributed by atoms with E-state index in [9.17, 15) is 0 Å². The average Bonchev–Trinajstić information content (AvgIpc) is 2.62. The summed E-state index contributed by atoms with van der Waals surface area (Å²) in [5.41, 5.74) is 2.64. The SMILES string of the molecule is COc1ccc2cc3c(Nc4ccc(Cl)cc4Cl)ccnc3cc2c1. The van der Waals surface area contributed by atoms with E-state index >= 15 is 0 Å². The highest BCUT2D eigenvalue weighted by atomic mass is 35.5. The minimum atomic E-state index is 0.572. The molecule has 4 rings (SSSR count). The largest absolute Gasteiger partial charge is 0.497 e. The zero-order valence-electron chi connectivity index (χ0n) is 13.4. The number of methoxy groups -OCH3 is 1. The number of ether oxygens (including phenoxy) is 1. The molecule has 0 amide bonds. The highest BCUT2D eigenvalue weighted by Gasteiger charge is 2.08. The van der Waals surface area contributed by atoms with E-state index in [0.29, 0.717) is 10.0 Å². The summed E-state index contributed by atoms with van der Waals surface area (Å²) < 4.78 is 5.30. The molecule has 4 aromatic rings. The van der Waals surface area contributed by atoms with Gasteiger partial charge in [0.05, 0.1) is 23.3 Å². The molecule has 25 heavy (non-hydrogen) atoms. The maximum absolute atomic E-state index is 6.28. The number of nitrogens with zero attached hydrogens (tertiary/aromatic N) is 1. The Morgan fingerprint density at radius 2 is 1.76 bits per heavy atom. The van der Waals surface area contributed by atoms with E-state index in [1.54, 1.807) is 25.4 Å². The van der Waals surface area contributed by atoms with E-state index < -0.39 is 0 Å². The van der Waals surface area contributed by atoms with Gasteiger partial charge in [-0.1, -0.05) is 29.3 Å². The van der Waals surface area contributed by atoms with Crippen LogP contribution in [0.4, 0.5) is 11.4 Å². The van der Waals surface area contributed by atoms with Crippen molar-refractivity contribution in [1.82, 2.24) is 4.98 Å². The fourth-order valence-corrected chi connectivity index (χ4v) is 3.30. The molecule has 0 spiro atoms. The number of halogens is 2. The molecule has 0 saturated carbocycles. The number of fused-ring (bicyclic) bond motifs is 2. The van der Waals surface area contributed by atoms with Gasteiger partial charge in [0.25, 0.3) is 0 Å². The van der Waals surface area contributed by atoms with E-state index in [1.165, 1.54) is 0 Å². The molecule has 124 valence electrons. The smallest absolute Gasteiger partial charge is 0.119 e. The number of pyridine rings is 1. The Hall–Kier alpha value is -2.49. The molecule has 1 N–H and O–H groups in total. The summed E-state index contributed by atoms with van der Waals surface area (Å²) in [4.78, 5) is 4.49. The molecule has 0 aliphatic rings. The Morgan fingerprint density at radius 1 is 0.880 bits per heavy atom. The highest BCUT2D eigenvalue weighted by molar-refractivity contribution is 6.36. The predicted octanol–water partition coefficient (Wildman–Crippen LogP) is 6.45. The zero-order chi connectivity index (χ0) is 17.4. The number of benzene rings is 3. The van der Waals surface area contributed by atoms with Gasteiger partial charge >= 0.3 is 0 Å². The molecule has 0 fully saturated rings. The third-order valence-electron chi connectivity index (χ3n) is 4.11. The van der Waals surface area contributed by atoms with Crippen LogP contribution >= 0.6 is 23.2 Å². The van der Waals surface area contributed by atoms with Gasteiger partial charge in [-0.2, -0.15) is 0 Å². The van der Waals surface area contributed by atoms with Gasteiger partial charge in [-0.15, -0.1) is 0 Å². The van der Waals surface area contributed by atoms with Crippen molar-refractivity contribution in [1.29, 1.82) is 0 Å². The first-order valence-corrected chi connectivity index (χ1v) is 8.48. The van der Waals surface area contributed by atoms with Crippen molar-refractivity contribution in [2.45, 2.75) is 0 Å². The summed E-state index contributed by atoms with van der Waals surface area (Å²) in [6.07, 6.45) is 1.78. The number of anilines is 2. The van der Waals surface area contributed by atoms with Crippen LogP contribution in [-0.4, -0.2) is 12.1 Å². The average molecular weight is 369 g/mol. The first kappa shape index (κ1) is 16.0. The lowest BCUT2D eigenvalue weighted by Crippen LogP contribution is -1.94. The van der Waals surface area contributed by atoms with E-state index in [2.05, 4.69) is 22.4 Å². The molecule has 0 atom stereocenters. The van der Waals surface area contributed by atoms with Crippen LogP contribution in [0, 0.1) is 0 Å². The molecule has 3 aromatic carbocycles. The molecule has 0 unspecified atom stereocenters. The lowest BCUT2D eigenvalue weighted by atomic mass is 10.1. The summed E-state index contributed by atoms with van der Waals surface area (Å²) in [5, 5.41) is 7.77. The van der Waals surface area contributed by atoms with Crippen molar-refractivity contribution in [2.24, 2.45) is 0 Å². The normalized spacial score (nSPS) is 11.0. The summed E-state index contributed by atoms with van der Waals surface area (Å²) >= 11 is 12.3. The lowest BCUT2D eigenvalue weighted by Gasteiger charge is -2.12. The molecule has 0 aliphatic carbocycles. The van der Waals surface area contributed by atoms with Gasteiger partial charge in [0.1, 0.15) is 5.75 Å². The number of hydrogen-bond acceptors (Lipinski definition) is 3. The Labute approximate surface area is 155 Å². The van der Waals surface area contributed by atoms with Gasteiger partial charge in [0.15, 0.2) is 0 Å². The number of aromatic nitrogens is 1. The summed E-state index contributed by atoms with van der Waals surface area (Å²) in [6, 6.07) is 17.5. The van der Waals surface area contributed by atoms with Crippen molar-refractivity contribution >= 4 is 56.3 Å². The predicted molar refractivity (Wildman–Crippen MR) is 106 cm³/mol. The molecule has 1 heterocycles. The van der Waals surface area contributed by atoms with E-state index in [-0.39, 0.29) is 0 Å². The first-order chi connectivity index (χ1) is 12.1. The van der Waals surface area contributed by atoms with Crippen molar-refractivity contribution in [3.63, 3.8) is 0 Å². The number of hydrogen-bond donors (Lipinski definition) is 1. The topological polar surface area (TPSA) is 34.1 Å². The molecule has 3 nitrogen and oxygen atoms in total. The fourth-order valence-electron chi connectivity index (χ4n) is 2.84. The third kappa shape index (κ3) is 3.09. The van der Waals surface area contributed by atoms with Crippen LogP contribution < -0.4 is 10.1 Å². The second kappa shape index (κ2) is 6.43. The van der Waals surface area contributed by atoms with Gasteiger partial charge in [0, 0.05) is 22.3 Å². The molecule has 0 aliphatic heterocycles. The lowest BCUT2D eigenvalue weighted by molar-refractivity contribution is 0.415. The minimum Gasteiger partial charge on any atom is -0.497 e. The molecule has 0 saturated heterocycles. The van der Waals surface area contributed by atoms with Gasteiger partial charge in [-0.05, 0) is 59.3 Å². The number of rotatable bonds is 3. The highest BCUT2D eigenvalue weighted by Crippen LogP contribution is 2.33. The van der Waals surface area contributed by atoms with Crippen molar-refractivity contribution in [2.75, 3.05) is 12.4 Å². The molecule has 1 aromatic heterocycles. The first-order valence-electron chi connectivity index (χ1n) is 7.72. The van der Waals surface area contributed by atoms with Crippen LogP contribution in [0.5, 0.6) is 5.75 Å². The Morgan fingerprint density at radius 3 is 2.56 bits per heavy atom. The van der Waals surface area contributed by atoms with Crippen LogP contribution in [0.3, 0.4) is 0 Å². The fraction of sp³-hybridized carbons (Fsp3) is 0.0500. The Bertz CT molecular complexity index is 1100. The molecule has 5 heteroatoms. The molecule has 0 bridgehead atoms. The van der Waals surface area contributed by atoms with E-state index in [0.717, 1.165) is 38.8 Å². The van der Waals surface area contributed by atoms with Crippen LogP contribution in [0.1, 0.15) is 0 Å². The third-order valence-corrected chi connectivity index (χ3v) is 4.66. The van der Waals surface area contributed by atoms with E-state index in [1.807, 2.05) is 30.3 Å². The van der Waals surface area contributed by atoms with Crippen LogP contribution in [0.15, 0.2) is 60.8 Å². The van der Waals surface area contributed by atoms with Gasteiger partial charge in [0.2, 0.25) is 0 Å².